The summed E-state index contributed by atoms with van der Waals surface area (Å²) < 4.78 is 43.3. The second-order valence-corrected chi connectivity index (χ2v) is 7.78. The molecule has 0 radical (unpaired) electrons. The van der Waals surface area contributed by atoms with E-state index < -0.39 is 21.7 Å². The lowest BCUT2D eigenvalue weighted by atomic mass is 10.3. The number of rotatable bonds is 6. The Bertz CT molecular complexity index is 870. The van der Waals surface area contributed by atoms with Crippen molar-refractivity contribution in [2.75, 3.05) is 26.0 Å². The fraction of sp³-hybridized carbons (Fsp3) is 0.188. The topological polar surface area (TPSA) is 75.7 Å². The van der Waals surface area contributed by atoms with Crippen molar-refractivity contribution in [1.29, 1.82) is 0 Å². The highest BCUT2D eigenvalue weighted by molar-refractivity contribution is 7.89. The van der Waals surface area contributed by atoms with E-state index in [1.807, 2.05) is 0 Å². The maximum Gasteiger partial charge on any atom is 0.262 e. The minimum absolute atomic E-state index is 0.101. The summed E-state index contributed by atoms with van der Waals surface area (Å²) in [6.45, 7) is -0.306. The Balaban J connectivity index is 1.95. The van der Waals surface area contributed by atoms with Gasteiger partial charge in [0, 0.05) is 25.8 Å². The maximum absolute atomic E-state index is 13.0. The molecule has 25 heavy (non-hydrogen) atoms. The van der Waals surface area contributed by atoms with E-state index >= 15 is 0 Å². The van der Waals surface area contributed by atoms with Crippen LogP contribution in [0.15, 0.2) is 47.4 Å². The van der Waals surface area contributed by atoms with E-state index in [0.29, 0.717) is 5.69 Å². The van der Waals surface area contributed by atoms with Crippen molar-refractivity contribution in [3.63, 3.8) is 0 Å². The van der Waals surface area contributed by atoms with Crippen LogP contribution in [-0.4, -0.2) is 39.3 Å². The molecule has 1 amide bonds. The molecule has 0 unspecified atom stereocenters. The van der Waals surface area contributed by atoms with Gasteiger partial charge in [-0.3, -0.25) is 4.79 Å². The minimum atomic E-state index is -3.52. The Morgan fingerprint density at radius 1 is 1.20 bits per heavy atom. The first kappa shape index (κ1) is 19.2. The summed E-state index contributed by atoms with van der Waals surface area (Å²) in [5, 5.41) is 2.47. The standard InChI is InChI=1S/C16H16ClFN2O4S/c1-20(2)25(22,23)13-6-3-11(4-7-13)19-16(21)10-24-12-5-8-15(18)14(17)9-12/h3-9H,10H2,1-2H3,(H,19,21). The number of carbonyl (C=O) groups is 1. The van der Waals surface area contributed by atoms with Gasteiger partial charge in [-0.25, -0.2) is 17.1 Å². The van der Waals surface area contributed by atoms with E-state index in [-0.39, 0.29) is 22.3 Å². The van der Waals surface area contributed by atoms with Gasteiger partial charge in [0.15, 0.2) is 6.61 Å². The molecule has 0 aliphatic heterocycles. The second kappa shape index (κ2) is 7.81. The third-order valence-electron chi connectivity index (χ3n) is 3.18. The number of benzene rings is 2. The molecule has 0 fully saturated rings. The quantitative estimate of drug-likeness (QED) is 0.828. The summed E-state index contributed by atoms with van der Waals surface area (Å²) in [5.41, 5.74) is 0.420. The number of amides is 1. The minimum Gasteiger partial charge on any atom is -0.484 e. The molecule has 2 rings (SSSR count). The van der Waals surface area contributed by atoms with Gasteiger partial charge in [0.2, 0.25) is 10.0 Å². The lowest BCUT2D eigenvalue weighted by Gasteiger charge is -2.12. The molecule has 9 heteroatoms. The molecule has 0 atom stereocenters. The first-order valence-electron chi connectivity index (χ1n) is 7.10. The monoisotopic (exact) mass is 386 g/mol. The van der Waals surface area contributed by atoms with Crippen molar-refractivity contribution in [1.82, 2.24) is 4.31 Å². The highest BCUT2D eigenvalue weighted by Gasteiger charge is 2.16. The molecule has 0 aliphatic carbocycles. The van der Waals surface area contributed by atoms with Gasteiger partial charge in [0.1, 0.15) is 11.6 Å². The Kier molecular flexibility index (Phi) is 5.99. The van der Waals surface area contributed by atoms with Crippen LogP contribution in [0.2, 0.25) is 5.02 Å². The normalized spacial score (nSPS) is 11.4. The number of nitrogens with zero attached hydrogens (tertiary/aromatic N) is 1. The van der Waals surface area contributed by atoms with E-state index in [2.05, 4.69) is 5.32 Å². The summed E-state index contributed by atoms with van der Waals surface area (Å²) in [5.74, 6) is -0.774. The van der Waals surface area contributed by atoms with Gasteiger partial charge in [-0.05, 0) is 36.4 Å². The van der Waals surface area contributed by atoms with Gasteiger partial charge in [-0.15, -0.1) is 0 Å². The van der Waals surface area contributed by atoms with Gasteiger partial charge in [0.05, 0.1) is 9.92 Å². The summed E-state index contributed by atoms with van der Waals surface area (Å²) in [6.07, 6.45) is 0. The van der Waals surface area contributed by atoms with Gasteiger partial charge >= 0.3 is 0 Å². The third-order valence-corrected chi connectivity index (χ3v) is 5.30. The molecule has 0 heterocycles. The van der Waals surface area contributed by atoms with Crippen molar-refractivity contribution in [2.45, 2.75) is 4.90 Å². The molecular weight excluding hydrogens is 371 g/mol. The Labute approximate surface area is 150 Å². The first-order chi connectivity index (χ1) is 11.7. The summed E-state index contributed by atoms with van der Waals surface area (Å²) in [6, 6.07) is 9.50. The van der Waals surface area contributed by atoms with Gasteiger partial charge in [-0.1, -0.05) is 11.6 Å². The Morgan fingerprint density at radius 3 is 2.40 bits per heavy atom. The molecule has 0 saturated carbocycles. The van der Waals surface area contributed by atoms with Crippen LogP contribution in [0.25, 0.3) is 0 Å². The largest absolute Gasteiger partial charge is 0.484 e. The van der Waals surface area contributed by atoms with Crippen LogP contribution in [0, 0.1) is 5.82 Å². The van der Waals surface area contributed by atoms with Crippen LogP contribution in [0.4, 0.5) is 10.1 Å². The zero-order chi connectivity index (χ0) is 18.6. The van der Waals surface area contributed by atoms with Gasteiger partial charge in [0.25, 0.3) is 5.91 Å². The highest BCUT2D eigenvalue weighted by Crippen LogP contribution is 2.21. The molecule has 0 aromatic heterocycles. The van der Waals surface area contributed by atoms with Crippen LogP contribution in [0.3, 0.4) is 0 Å². The predicted molar refractivity (Wildman–Crippen MR) is 92.8 cm³/mol. The number of hydrogen-bond acceptors (Lipinski definition) is 4. The molecule has 0 spiro atoms. The molecule has 0 bridgehead atoms. The molecule has 2 aromatic carbocycles. The molecular formula is C16H16ClFN2O4S. The van der Waals surface area contributed by atoms with Crippen LogP contribution >= 0.6 is 11.6 Å². The summed E-state index contributed by atoms with van der Waals surface area (Å²) in [7, 11) is -0.654. The van der Waals surface area contributed by atoms with Crippen LogP contribution in [0.5, 0.6) is 5.75 Å². The molecule has 0 aliphatic rings. The molecule has 2 aromatic rings. The van der Waals surface area contributed by atoms with Gasteiger partial charge in [-0.2, -0.15) is 0 Å². The zero-order valence-corrected chi connectivity index (χ0v) is 15.1. The summed E-state index contributed by atoms with van der Waals surface area (Å²) in [4.78, 5) is 12.0. The second-order valence-electron chi connectivity index (χ2n) is 5.22. The number of carbonyl (C=O) groups excluding carboxylic acids is 1. The van der Waals surface area contributed by atoms with E-state index in [9.17, 15) is 17.6 Å². The number of anilines is 1. The van der Waals surface area contributed by atoms with Crippen LogP contribution < -0.4 is 10.1 Å². The lowest BCUT2D eigenvalue weighted by molar-refractivity contribution is -0.118. The third kappa shape index (κ3) is 4.91. The van der Waals surface area contributed by atoms with Crippen molar-refractivity contribution in [3.05, 3.63) is 53.3 Å². The van der Waals surface area contributed by atoms with Crippen molar-refractivity contribution in [3.8, 4) is 5.75 Å². The fourth-order valence-corrected chi connectivity index (χ4v) is 2.91. The SMILES string of the molecule is CN(C)S(=O)(=O)c1ccc(NC(=O)COc2ccc(F)c(Cl)c2)cc1. The number of halogens is 2. The van der Waals surface area contributed by atoms with Gasteiger partial charge < -0.3 is 10.1 Å². The number of sulfonamides is 1. The molecule has 0 saturated heterocycles. The average Bonchev–Trinajstić information content (AvgIpc) is 2.56. The smallest absolute Gasteiger partial charge is 0.262 e. The molecule has 134 valence electrons. The number of nitrogens with one attached hydrogen (secondary N) is 1. The predicted octanol–water partition coefficient (Wildman–Crippen LogP) is 2.75. The molecule has 6 nitrogen and oxygen atoms in total. The Morgan fingerprint density at radius 2 is 1.84 bits per heavy atom. The van der Waals surface area contributed by atoms with Crippen molar-refractivity contribution < 1.29 is 22.3 Å². The maximum atomic E-state index is 13.0. The number of ether oxygens (including phenoxy) is 1. The lowest BCUT2D eigenvalue weighted by Crippen LogP contribution is -2.22. The number of hydrogen-bond donors (Lipinski definition) is 1. The highest BCUT2D eigenvalue weighted by atomic mass is 35.5. The van der Waals surface area contributed by atoms with Crippen molar-refractivity contribution >= 4 is 33.2 Å². The van der Waals surface area contributed by atoms with Crippen LogP contribution in [-0.2, 0) is 14.8 Å². The fourth-order valence-electron chi connectivity index (χ4n) is 1.83. The van der Waals surface area contributed by atoms with Crippen LogP contribution in [0.1, 0.15) is 0 Å². The molecule has 1 N–H and O–H groups in total. The van der Waals surface area contributed by atoms with E-state index in [1.165, 1.54) is 50.5 Å². The van der Waals surface area contributed by atoms with E-state index in [1.54, 1.807) is 0 Å². The van der Waals surface area contributed by atoms with Crippen molar-refractivity contribution in [2.24, 2.45) is 0 Å². The first-order valence-corrected chi connectivity index (χ1v) is 8.92. The summed E-state index contributed by atoms with van der Waals surface area (Å²) >= 11 is 5.62. The average molecular weight is 387 g/mol. The van der Waals surface area contributed by atoms with E-state index in [4.69, 9.17) is 16.3 Å². The van der Waals surface area contributed by atoms with E-state index in [0.717, 1.165) is 10.4 Å². The zero-order valence-electron chi connectivity index (χ0n) is 13.5. The Hall–Kier alpha value is -2.16.